The number of nitro benzene ring substituents is 1. The molecule has 15 nitrogen and oxygen atoms in total. The molecule has 5 aromatic carbocycles. The summed E-state index contributed by atoms with van der Waals surface area (Å²) in [5.41, 5.74) is 3.29. The molecule has 5 aromatic rings. The number of carbonyl (C=O) groups is 1. The van der Waals surface area contributed by atoms with E-state index in [1.165, 1.54) is 18.2 Å². The molecule has 1 amide bonds. The first-order valence-corrected chi connectivity index (χ1v) is 24.5. The molecule has 1 aliphatic rings. The number of amides is 1. The zero-order valence-corrected chi connectivity index (χ0v) is 41.9. The van der Waals surface area contributed by atoms with E-state index in [2.05, 4.69) is 65.7 Å². The number of ether oxygens (including phenoxy) is 3. The number of methoxy groups -OCH3 is 2. The van der Waals surface area contributed by atoms with Crippen LogP contribution in [0.2, 0.25) is 5.02 Å². The number of hydrogen-bond acceptors (Lipinski definition) is 13. The van der Waals surface area contributed by atoms with Crippen molar-refractivity contribution in [1.29, 1.82) is 5.26 Å². The molecule has 1 fully saturated rings. The zero-order chi connectivity index (χ0) is 49.5. The number of nitriles is 1. The van der Waals surface area contributed by atoms with Gasteiger partial charge in [-0.25, -0.2) is 4.67 Å². The average Bonchev–Trinajstić information content (AvgIpc) is 3.76. The first-order valence-electron chi connectivity index (χ1n) is 23.0. The number of azo groups is 1. The number of rotatable bonds is 24. The average molecular weight is 979 g/mol. The lowest BCUT2D eigenvalue weighted by atomic mass is 9.80. The third kappa shape index (κ3) is 13.4. The number of nitro groups is 1. The summed E-state index contributed by atoms with van der Waals surface area (Å²) in [6.07, 6.45) is 1.24. The Morgan fingerprint density at radius 1 is 0.899 bits per heavy atom. The van der Waals surface area contributed by atoms with E-state index in [1.54, 1.807) is 14.2 Å². The fourth-order valence-corrected chi connectivity index (χ4v) is 10.4. The van der Waals surface area contributed by atoms with Crippen molar-refractivity contribution < 1.29 is 33.0 Å². The van der Waals surface area contributed by atoms with Gasteiger partial charge in [-0.1, -0.05) is 66.2 Å². The number of non-ortho nitro benzene ring substituents is 1. The van der Waals surface area contributed by atoms with E-state index in [1.807, 2.05) is 103 Å². The van der Waals surface area contributed by atoms with Crippen LogP contribution < -0.4 is 14.4 Å². The van der Waals surface area contributed by atoms with Gasteiger partial charge >= 0.3 is 0 Å². The summed E-state index contributed by atoms with van der Waals surface area (Å²) in [4.78, 5) is 29.1. The predicted octanol–water partition coefficient (Wildman–Crippen LogP) is 12.2. The maximum atomic E-state index is 14.6. The zero-order valence-electron chi connectivity index (χ0n) is 40.2. The van der Waals surface area contributed by atoms with Gasteiger partial charge in [-0.2, -0.15) is 10.4 Å². The van der Waals surface area contributed by atoms with Gasteiger partial charge in [0, 0.05) is 56.5 Å². The third-order valence-corrected chi connectivity index (χ3v) is 14.3. The number of anilines is 1. The molecule has 0 saturated carbocycles. The largest absolute Gasteiger partial charge is 0.497 e. The van der Waals surface area contributed by atoms with Crippen LogP contribution in [0.15, 0.2) is 132 Å². The molecule has 1 saturated heterocycles. The van der Waals surface area contributed by atoms with Crippen molar-refractivity contribution in [2.24, 2.45) is 10.2 Å². The Kier molecular flexibility index (Phi) is 19.0. The molecule has 0 spiro atoms. The maximum absolute atomic E-state index is 14.6. The van der Waals surface area contributed by atoms with Crippen molar-refractivity contribution >= 4 is 48.8 Å². The summed E-state index contributed by atoms with van der Waals surface area (Å²) in [7, 11) is 3.68. The van der Waals surface area contributed by atoms with Crippen LogP contribution in [0.3, 0.4) is 0 Å². The van der Waals surface area contributed by atoms with Gasteiger partial charge < -0.3 is 33.1 Å². The van der Waals surface area contributed by atoms with Gasteiger partial charge in [-0.15, -0.1) is 5.11 Å². The molecule has 0 bridgehead atoms. The molecule has 0 aliphatic carbocycles. The topological polar surface area (TPSA) is 165 Å². The maximum Gasteiger partial charge on any atom is 0.271 e. The second-order valence-corrected chi connectivity index (χ2v) is 19.0. The van der Waals surface area contributed by atoms with Crippen molar-refractivity contribution in [1.82, 2.24) is 9.57 Å². The second kappa shape index (κ2) is 25.0. The van der Waals surface area contributed by atoms with E-state index in [0.717, 1.165) is 22.4 Å². The Labute approximate surface area is 411 Å². The molecule has 364 valence electrons. The minimum atomic E-state index is -1.57. The van der Waals surface area contributed by atoms with Crippen LogP contribution in [0.4, 0.5) is 22.7 Å². The Hall–Kier alpha value is -5.98. The number of likely N-dealkylation sites (tertiary alicyclic amines) is 1. The standard InChI is InChI=1S/C52H61ClN7O8P/c1-37(2)59(38(3)4)69(67-32-12-30-54)68-48-33-45(36-66-52(39-13-9-8-10-14-39,40-16-25-46(64-6)26-17-40)41-18-27-47(65-7)28-19-41)58(35-48)51(61)15-11-31-57(5)43-22-20-42(21-23-43)55-56-50-29-24-44(60(62)63)34-49(50)53/h8-10,13-14,16-29,34,37-38,45,48H,11-12,15,31-33,35-36H2,1-7H3/t45-,48+,69?/m0/s1. The number of hydrogen-bond donors (Lipinski definition) is 0. The fourth-order valence-electron chi connectivity index (χ4n) is 8.45. The second-order valence-electron chi connectivity index (χ2n) is 17.2. The number of nitrogens with zero attached hydrogens (tertiary/aromatic N) is 7. The monoisotopic (exact) mass is 977 g/mol. The van der Waals surface area contributed by atoms with Crippen LogP contribution in [-0.4, -0.2) is 92.2 Å². The molecule has 69 heavy (non-hydrogen) atoms. The highest BCUT2D eigenvalue weighted by molar-refractivity contribution is 7.44. The van der Waals surface area contributed by atoms with Crippen LogP contribution in [-0.2, 0) is 24.2 Å². The van der Waals surface area contributed by atoms with Crippen LogP contribution in [0.5, 0.6) is 11.5 Å². The van der Waals surface area contributed by atoms with E-state index in [-0.39, 0.29) is 66.9 Å². The van der Waals surface area contributed by atoms with Crippen molar-refractivity contribution in [3.05, 3.63) is 153 Å². The highest BCUT2D eigenvalue weighted by Crippen LogP contribution is 2.49. The van der Waals surface area contributed by atoms with Gasteiger partial charge in [0.05, 0.1) is 67.7 Å². The molecule has 0 aromatic heterocycles. The summed E-state index contributed by atoms with van der Waals surface area (Å²) in [5.74, 6) is 1.41. The number of carbonyl (C=O) groups excluding carboxylic acids is 1. The van der Waals surface area contributed by atoms with Gasteiger partial charge in [0.15, 0.2) is 0 Å². The Balaban J connectivity index is 1.24. The molecule has 17 heteroatoms. The van der Waals surface area contributed by atoms with Crippen LogP contribution >= 0.6 is 20.1 Å². The smallest absolute Gasteiger partial charge is 0.271 e. The van der Waals surface area contributed by atoms with Crippen LogP contribution in [0.25, 0.3) is 0 Å². The molecule has 1 aliphatic heterocycles. The molecule has 0 radical (unpaired) electrons. The normalized spacial score (nSPS) is 15.5. The number of halogens is 1. The molecular weight excluding hydrogens is 917 g/mol. The summed E-state index contributed by atoms with van der Waals surface area (Å²) >= 11 is 6.20. The third-order valence-electron chi connectivity index (χ3n) is 11.9. The summed E-state index contributed by atoms with van der Waals surface area (Å²) in [6, 6.07) is 39.4. The van der Waals surface area contributed by atoms with Gasteiger partial charge in [0.25, 0.3) is 14.2 Å². The summed E-state index contributed by atoms with van der Waals surface area (Å²) in [5, 5.41) is 29.0. The Bertz CT molecular complexity index is 2460. The minimum Gasteiger partial charge on any atom is -0.497 e. The van der Waals surface area contributed by atoms with Crippen molar-refractivity contribution in [2.45, 2.75) is 83.2 Å². The van der Waals surface area contributed by atoms with E-state index in [0.29, 0.717) is 48.8 Å². The van der Waals surface area contributed by atoms with Crippen LogP contribution in [0, 0.1) is 21.4 Å². The first kappa shape index (κ1) is 52.4. The van der Waals surface area contributed by atoms with Crippen molar-refractivity contribution in [3.63, 3.8) is 0 Å². The SMILES string of the molecule is COc1ccc(C(OC[C@@H]2C[C@@H](OP(OCCC#N)N(C(C)C)C(C)C)CN2C(=O)CCCN(C)c2ccc(N=Nc3ccc([N+](=O)[O-])cc3Cl)cc2)(c2ccccc2)c2ccc(OC)cc2)cc1. The molecule has 1 heterocycles. The van der Waals surface area contributed by atoms with Gasteiger partial charge in [0.1, 0.15) is 22.8 Å². The lowest BCUT2D eigenvalue weighted by molar-refractivity contribution is -0.384. The lowest BCUT2D eigenvalue weighted by Gasteiger charge is -2.38. The van der Waals surface area contributed by atoms with Crippen molar-refractivity contribution in [2.75, 3.05) is 52.5 Å². The summed E-state index contributed by atoms with van der Waals surface area (Å²) in [6.45, 7) is 9.78. The Morgan fingerprint density at radius 2 is 1.51 bits per heavy atom. The summed E-state index contributed by atoms with van der Waals surface area (Å²) < 4.78 is 33.9. The van der Waals surface area contributed by atoms with Crippen LogP contribution in [0.1, 0.15) is 70.1 Å². The molecule has 3 atom stereocenters. The van der Waals surface area contributed by atoms with E-state index < -0.39 is 19.1 Å². The quantitative estimate of drug-likeness (QED) is 0.0144. The minimum absolute atomic E-state index is 0.0118. The molecule has 6 rings (SSSR count). The van der Waals surface area contributed by atoms with Gasteiger partial charge in [-0.05, 0) is 112 Å². The van der Waals surface area contributed by atoms with E-state index in [4.69, 9.17) is 34.9 Å². The van der Waals surface area contributed by atoms with Gasteiger partial charge in [0.2, 0.25) is 5.91 Å². The predicted molar refractivity (Wildman–Crippen MR) is 270 cm³/mol. The molecule has 0 N–H and O–H groups in total. The lowest BCUT2D eigenvalue weighted by Crippen LogP contribution is -2.42. The molecular formula is C52H61ClN7O8P. The highest BCUT2D eigenvalue weighted by Gasteiger charge is 2.43. The first-order chi connectivity index (χ1) is 33.3. The Morgan fingerprint density at radius 3 is 2.06 bits per heavy atom. The fraction of sp³-hybridized carbons (Fsp3) is 0.385. The number of benzene rings is 5. The van der Waals surface area contributed by atoms with E-state index in [9.17, 15) is 20.2 Å². The van der Waals surface area contributed by atoms with E-state index >= 15 is 0 Å². The molecule has 1 unspecified atom stereocenters. The highest BCUT2D eigenvalue weighted by atomic mass is 35.5. The van der Waals surface area contributed by atoms with Crippen molar-refractivity contribution in [3.8, 4) is 17.6 Å². The van der Waals surface area contributed by atoms with Gasteiger partial charge in [-0.3, -0.25) is 14.9 Å².